The predicted molar refractivity (Wildman–Crippen MR) is 217 cm³/mol. The molecule has 10 rings (SSSR count). The molecule has 0 saturated heterocycles. The lowest BCUT2D eigenvalue weighted by atomic mass is 10.0. The average molecular weight is 668 g/mol. The second-order valence-corrected chi connectivity index (χ2v) is 17.1. The Morgan fingerprint density at radius 1 is 0.333 bits per heavy atom. The third kappa shape index (κ3) is 4.63. The molecule has 0 spiro atoms. The van der Waals surface area contributed by atoms with Gasteiger partial charge in [0, 0.05) is 27.2 Å². The summed E-state index contributed by atoms with van der Waals surface area (Å²) in [6, 6.07) is 73.1. The minimum absolute atomic E-state index is 0.902. The van der Waals surface area contributed by atoms with Crippen molar-refractivity contribution < 1.29 is 4.42 Å². The lowest BCUT2D eigenvalue weighted by Crippen LogP contribution is -2.74. The van der Waals surface area contributed by atoms with Crippen LogP contribution < -0.4 is 20.7 Å². The van der Waals surface area contributed by atoms with E-state index in [0.29, 0.717) is 0 Å². The fraction of sp³-hybridized carbons (Fsp3) is 0. The summed E-state index contributed by atoms with van der Waals surface area (Å²) >= 11 is 0. The first-order valence-electron chi connectivity index (χ1n) is 17.5. The summed E-state index contributed by atoms with van der Waals surface area (Å²) in [6.45, 7) is 0. The van der Waals surface area contributed by atoms with Crippen LogP contribution in [0.4, 0.5) is 0 Å². The van der Waals surface area contributed by atoms with Gasteiger partial charge < -0.3 is 8.98 Å². The summed E-state index contributed by atoms with van der Waals surface area (Å²) in [5, 5.41) is 10.2. The van der Waals surface area contributed by atoms with Crippen LogP contribution in [0.1, 0.15) is 0 Å². The molecule has 0 bridgehead atoms. The highest BCUT2D eigenvalue weighted by Gasteiger charge is 2.41. The number of furan rings is 1. The Kier molecular flexibility index (Phi) is 6.86. The van der Waals surface area contributed by atoms with Crippen LogP contribution in [-0.2, 0) is 0 Å². The Bertz CT molecular complexity index is 2740. The van der Waals surface area contributed by atoms with E-state index in [2.05, 4.69) is 205 Å². The molecule has 2 heterocycles. The molecule has 0 unspecified atom stereocenters. The maximum atomic E-state index is 6.52. The highest BCUT2D eigenvalue weighted by Crippen LogP contribution is 2.37. The van der Waals surface area contributed by atoms with Crippen LogP contribution in [0.15, 0.2) is 205 Å². The summed E-state index contributed by atoms with van der Waals surface area (Å²) in [7, 11) is -2.68. The molecule has 0 fully saturated rings. The molecule has 0 aliphatic carbocycles. The fourth-order valence-corrected chi connectivity index (χ4v) is 13.0. The van der Waals surface area contributed by atoms with E-state index in [0.717, 1.165) is 21.9 Å². The minimum atomic E-state index is -2.68. The quantitative estimate of drug-likeness (QED) is 0.128. The Morgan fingerprint density at radius 2 is 0.804 bits per heavy atom. The van der Waals surface area contributed by atoms with E-state index in [1.807, 2.05) is 0 Å². The van der Waals surface area contributed by atoms with Gasteiger partial charge in [-0.05, 0) is 80.4 Å². The van der Waals surface area contributed by atoms with Gasteiger partial charge in [0.15, 0.2) is 8.07 Å². The van der Waals surface area contributed by atoms with Crippen LogP contribution in [0.25, 0.3) is 60.6 Å². The lowest BCUT2D eigenvalue weighted by Gasteiger charge is -2.34. The molecule has 2 nitrogen and oxygen atoms in total. The van der Waals surface area contributed by atoms with Crippen molar-refractivity contribution in [1.82, 2.24) is 4.57 Å². The lowest BCUT2D eigenvalue weighted by molar-refractivity contribution is 0.669. The number of nitrogens with zero attached hydrogens (tertiary/aromatic N) is 1. The molecule has 2 aromatic heterocycles. The topological polar surface area (TPSA) is 18.1 Å². The van der Waals surface area contributed by atoms with E-state index >= 15 is 0 Å². The fourth-order valence-electron chi connectivity index (χ4n) is 8.26. The summed E-state index contributed by atoms with van der Waals surface area (Å²) in [5.41, 5.74) is 7.75. The van der Waals surface area contributed by atoms with Crippen LogP contribution in [0.2, 0.25) is 0 Å². The zero-order chi connectivity index (χ0) is 33.8. The number of aromatic nitrogens is 1. The van der Waals surface area contributed by atoms with E-state index in [4.69, 9.17) is 4.42 Å². The van der Waals surface area contributed by atoms with E-state index in [1.54, 1.807) is 0 Å². The first kappa shape index (κ1) is 29.5. The number of rotatable bonds is 6. The zero-order valence-corrected chi connectivity index (χ0v) is 28.9. The van der Waals surface area contributed by atoms with E-state index < -0.39 is 8.07 Å². The average Bonchev–Trinajstić information content (AvgIpc) is 3.74. The van der Waals surface area contributed by atoms with Crippen molar-refractivity contribution in [3.8, 4) is 16.8 Å². The molecule has 240 valence electrons. The Labute approximate surface area is 297 Å². The molecule has 10 aromatic rings. The van der Waals surface area contributed by atoms with Gasteiger partial charge in [-0.1, -0.05) is 152 Å². The third-order valence-corrected chi connectivity index (χ3v) is 15.3. The largest absolute Gasteiger partial charge is 0.456 e. The smallest absolute Gasteiger partial charge is 0.179 e. The molecule has 0 radical (unpaired) electrons. The standard InChI is InChI=1S/C48H33NOSi/c1-5-15-36(16-6-1)49-45-24-14-13-23-41(45)42-31-34(25-28-46(42)49)35-26-29-47-43(32-35)44-33-40(27-30-48(44)50-47)51(37-17-7-2-8-18-37,38-19-9-3-10-20-38)39-21-11-4-12-22-39/h1-33H. The highest BCUT2D eigenvalue weighted by molar-refractivity contribution is 7.20. The molecule has 0 amide bonds. The van der Waals surface area contributed by atoms with Crippen molar-refractivity contribution in [2.75, 3.05) is 0 Å². The van der Waals surface area contributed by atoms with Gasteiger partial charge in [-0.15, -0.1) is 0 Å². The van der Waals surface area contributed by atoms with Crippen molar-refractivity contribution >= 4 is 72.6 Å². The van der Waals surface area contributed by atoms with Gasteiger partial charge >= 0.3 is 0 Å². The zero-order valence-electron chi connectivity index (χ0n) is 27.9. The Hall–Kier alpha value is -6.42. The number of hydrogen-bond acceptors (Lipinski definition) is 1. The number of benzene rings is 8. The maximum Gasteiger partial charge on any atom is 0.179 e. The maximum absolute atomic E-state index is 6.52. The second-order valence-electron chi connectivity index (χ2n) is 13.3. The Balaban J connectivity index is 1.18. The van der Waals surface area contributed by atoms with Crippen molar-refractivity contribution in [3.63, 3.8) is 0 Å². The molecule has 0 aliphatic heterocycles. The third-order valence-electron chi connectivity index (χ3n) is 10.5. The molecule has 0 atom stereocenters. The van der Waals surface area contributed by atoms with Crippen LogP contribution in [0, 0.1) is 0 Å². The van der Waals surface area contributed by atoms with Gasteiger partial charge in [0.25, 0.3) is 0 Å². The Morgan fingerprint density at radius 3 is 1.43 bits per heavy atom. The van der Waals surface area contributed by atoms with Crippen molar-refractivity contribution in [3.05, 3.63) is 200 Å². The molecule has 3 heteroatoms. The van der Waals surface area contributed by atoms with E-state index in [1.165, 1.54) is 59.4 Å². The van der Waals surface area contributed by atoms with Gasteiger partial charge in [0.1, 0.15) is 11.2 Å². The second kappa shape index (κ2) is 11.9. The molecule has 8 aromatic carbocycles. The van der Waals surface area contributed by atoms with Gasteiger partial charge in [0.2, 0.25) is 0 Å². The molecule has 0 N–H and O–H groups in total. The van der Waals surface area contributed by atoms with Crippen molar-refractivity contribution in [2.24, 2.45) is 0 Å². The van der Waals surface area contributed by atoms with Crippen LogP contribution >= 0.6 is 0 Å². The molecular formula is C48H33NOSi. The van der Waals surface area contributed by atoms with Crippen LogP contribution in [0.5, 0.6) is 0 Å². The molecular weight excluding hydrogens is 635 g/mol. The normalized spacial score (nSPS) is 11.9. The number of para-hydroxylation sites is 2. The summed E-state index contributed by atoms with van der Waals surface area (Å²) in [5.74, 6) is 0. The SMILES string of the molecule is c1ccc(-n2c3ccccc3c3cc(-c4ccc5oc6ccc([Si](c7ccccc7)(c7ccccc7)c7ccccc7)cc6c5c4)ccc32)cc1. The van der Waals surface area contributed by atoms with Gasteiger partial charge in [-0.2, -0.15) is 0 Å². The van der Waals surface area contributed by atoms with Gasteiger partial charge in [-0.25, -0.2) is 0 Å². The van der Waals surface area contributed by atoms with Crippen molar-refractivity contribution in [2.45, 2.75) is 0 Å². The van der Waals surface area contributed by atoms with E-state index in [9.17, 15) is 0 Å². The summed E-state index contributed by atoms with van der Waals surface area (Å²) < 4.78 is 8.89. The first-order valence-corrected chi connectivity index (χ1v) is 19.5. The molecule has 0 saturated carbocycles. The predicted octanol–water partition coefficient (Wildman–Crippen LogP) is 9.73. The van der Waals surface area contributed by atoms with E-state index in [-0.39, 0.29) is 0 Å². The highest BCUT2D eigenvalue weighted by atomic mass is 28.3. The number of hydrogen-bond donors (Lipinski definition) is 0. The van der Waals surface area contributed by atoms with Crippen LogP contribution in [0.3, 0.4) is 0 Å². The van der Waals surface area contributed by atoms with Gasteiger partial charge in [-0.3, -0.25) is 0 Å². The molecule has 0 aliphatic rings. The molecule has 51 heavy (non-hydrogen) atoms. The van der Waals surface area contributed by atoms with Crippen LogP contribution in [-0.4, -0.2) is 12.6 Å². The van der Waals surface area contributed by atoms with Gasteiger partial charge in [0.05, 0.1) is 11.0 Å². The summed E-state index contributed by atoms with van der Waals surface area (Å²) in [6.07, 6.45) is 0. The van der Waals surface area contributed by atoms with Crippen molar-refractivity contribution in [1.29, 1.82) is 0 Å². The monoisotopic (exact) mass is 667 g/mol. The summed E-state index contributed by atoms with van der Waals surface area (Å²) in [4.78, 5) is 0. The first-order chi connectivity index (χ1) is 25.3. The number of fused-ring (bicyclic) bond motifs is 6. The minimum Gasteiger partial charge on any atom is -0.456 e.